The lowest BCUT2D eigenvalue weighted by atomic mass is 10.1. The summed E-state index contributed by atoms with van der Waals surface area (Å²) in [4.78, 5) is 21.3. The van der Waals surface area contributed by atoms with Gasteiger partial charge >= 0.3 is 0 Å². The lowest BCUT2D eigenvalue weighted by Crippen LogP contribution is -2.38. The number of nitrogens with zero attached hydrogens (tertiary/aromatic N) is 3. The standard InChI is InChI=1S/C25H34N4O3.HI/c1-5-26-25(28(2)16-21-12-13-22(31-3)15-23(21)32-4)27-14-8-11-24(30)29-17-19-9-6-7-10-20(19)18-29;/h6-7,9-10,12-13,15H,5,8,11,14,16-18H2,1-4H3,(H,26,27);1H. The van der Waals surface area contributed by atoms with Gasteiger partial charge in [-0.05, 0) is 36.6 Å². The molecule has 0 unspecified atom stereocenters. The summed E-state index contributed by atoms with van der Waals surface area (Å²) in [6.07, 6.45) is 1.23. The Hall–Kier alpha value is -2.49. The first kappa shape index (κ1) is 26.8. The zero-order valence-electron chi connectivity index (χ0n) is 20.0. The van der Waals surface area contributed by atoms with E-state index in [1.165, 1.54) is 11.1 Å². The van der Waals surface area contributed by atoms with Crippen LogP contribution in [0.25, 0.3) is 0 Å². The third-order valence-corrected chi connectivity index (χ3v) is 5.60. The van der Waals surface area contributed by atoms with Crippen LogP contribution in [0.1, 0.15) is 36.5 Å². The van der Waals surface area contributed by atoms with E-state index < -0.39 is 0 Å². The van der Waals surface area contributed by atoms with Crippen LogP contribution in [0.4, 0.5) is 0 Å². The van der Waals surface area contributed by atoms with E-state index in [4.69, 9.17) is 14.5 Å². The van der Waals surface area contributed by atoms with Gasteiger partial charge in [-0.25, -0.2) is 0 Å². The minimum atomic E-state index is 0. The second-order valence-corrected chi connectivity index (χ2v) is 7.89. The van der Waals surface area contributed by atoms with Gasteiger partial charge in [-0.15, -0.1) is 24.0 Å². The summed E-state index contributed by atoms with van der Waals surface area (Å²) in [5.41, 5.74) is 3.55. The normalized spacial score (nSPS) is 12.6. The van der Waals surface area contributed by atoms with Crippen molar-refractivity contribution in [1.29, 1.82) is 0 Å². The monoisotopic (exact) mass is 566 g/mol. The Morgan fingerprint density at radius 2 is 1.82 bits per heavy atom. The van der Waals surface area contributed by atoms with Crippen molar-refractivity contribution in [1.82, 2.24) is 15.1 Å². The van der Waals surface area contributed by atoms with E-state index in [0.717, 1.165) is 36.0 Å². The van der Waals surface area contributed by atoms with Crippen LogP contribution in [0.3, 0.4) is 0 Å². The molecular weight excluding hydrogens is 531 g/mol. The average Bonchev–Trinajstić information content (AvgIpc) is 3.25. The molecule has 0 saturated carbocycles. The first-order valence-electron chi connectivity index (χ1n) is 11.1. The second-order valence-electron chi connectivity index (χ2n) is 7.89. The molecule has 33 heavy (non-hydrogen) atoms. The number of carbonyl (C=O) groups is 1. The molecule has 1 heterocycles. The molecule has 0 aliphatic carbocycles. The number of halogens is 1. The number of ether oxygens (including phenoxy) is 2. The number of methoxy groups -OCH3 is 2. The molecule has 7 nitrogen and oxygen atoms in total. The summed E-state index contributed by atoms with van der Waals surface area (Å²) >= 11 is 0. The van der Waals surface area contributed by atoms with Crippen molar-refractivity contribution in [3.05, 3.63) is 59.2 Å². The van der Waals surface area contributed by atoms with Crippen molar-refractivity contribution in [3.8, 4) is 11.5 Å². The molecule has 8 heteroatoms. The minimum Gasteiger partial charge on any atom is -0.497 e. The molecule has 2 aromatic rings. The number of rotatable bonds is 9. The maximum Gasteiger partial charge on any atom is 0.223 e. The van der Waals surface area contributed by atoms with Gasteiger partial charge in [0, 0.05) is 57.8 Å². The fraction of sp³-hybridized carbons (Fsp3) is 0.440. The molecule has 0 aromatic heterocycles. The van der Waals surface area contributed by atoms with Crippen LogP contribution in [0.2, 0.25) is 0 Å². The third-order valence-electron chi connectivity index (χ3n) is 5.60. The summed E-state index contributed by atoms with van der Waals surface area (Å²) in [5, 5.41) is 3.33. The lowest BCUT2D eigenvalue weighted by molar-refractivity contribution is -0.131. The fourth-order valence-corrected chi connectivity index (χ4v) is 3.87. The number of carbonyl (C=O) groups excluding carboxylic acids is 1. The van der Waals surface area contributed by atoms with Crippen LogP contribution < -0.4 is 14.8 Å². The Balaban J connectivity index is 0.00000385. The van der Waals surface area contributed by atoms with E-state index in [9.17, 15) is 4.79 Å². The molecule has 0 atom stereocenters. The smallest absolute Gasteiger partial charge is 0.223 e. The molecule has 0 fully saturated rings. The number of benzene rings is 2. The number of hydrogen-bond acceptors (Lipinski definition) is 4. The summed E-state index contributed by atoms with van der Waals surface area (Å²) in [7, 11) is 5.30. The number of hydrogen-bond donors (Lipinski definition) is 1. The van der Waals surface area contributed by atoms with Crippen molar-refractivity contribution in [3.63, 3.8) is 0 Å². The van der Waals surface area contributed by atoms with Gasteiger partial charge in [-0.3, -0.25) is 9.79 Å². The van der Waals surface area contributed by atoms with Gasteiger partial charge in [-0.1, -0.05) is 24.3 Å². The summed E-state index contributed by atoms with van der Waals surface area (Å²) in [6, 6.07) is 14.1. The van der Waals surface area contributed by atoms with Crippen molar-refractivity contribution in [2.45, 2.75) is 39.4 Å². The second kappa shape index (κ2) is 13.3. The van der Waals surface area contributed by atoms with E-state index in [1.807, 2.05) is 49.2 Å². The van der Waals surface area contributed by atoms with Crippen LogP contribution in [0.15, 0.2) is 47.5 Å². The van der Waals surface area contributed by atoms with Crippen molar-refractivity contribution in [2.75, 3.05) is 34.4 Å². The number of aliphatic imine (C=N–C) groups is 1. The molecule has 1 aliphatic rings. The number of nitrogens with one attached hydrogen (secondary N) is 1. The zero-order chi connectivity index (χ0) is 22.9. The fourth-order valence-electron chi connectivity index (χ4n) is 3.87. The van der Waals surface area contributed by atoms with Crippen molar-refractivity contribution in [2.24, 2.45) is 4.99 Å². The minimum absolute atomic E-state index is 0. The highest BCUT2D eigenvalue weighted by molar-refractivity contribution is 14.0. The first-order chi connectivity index (χ1) is 15.5. The quantitative estimate of drug-likeness (QED) is 0.215. The van der Waals surface area contributed by atoms with Crippen LogP contribution in [0, 0.1) is 0 Å². The Kier molecular flexibility index (Phi) is 10.8. The number of fused-ring (bicyclic) bond motifs is 1. The first-order valence-corrected chi connectivity index (χ1v) is 11.1. The maximum atomic E-state index is 12.6. The maximum absolute atomic E-state index is 12.6. The Bertz CT molecular complexity index is 926. The Morgan fingerprint density at radius 3 is 2.42 bits per heavy atom. The predicted octanol–water partition coefficient (Wildman–Crippen LogP) is 4.04. The molecule has 1 N–H and O–H groups in total. The third kappa shape index (κ3) is 7.25. The average molecular weight is 566 g/mol. The Labute approximate surface area is 214 Å². The van der Waals surface area contributed by atoms with E-state index >= 15 is 0 Å². The highest BCUT2D eigenvalue weighted by Gasteiger charge is 2.22. The van der Waals surface area contributed by atoms with Gasteiger partial charge < -0.3 is 24.6 Å². The van der Waals surface area contributed by atoms with Gasteiger partial charge in [0.25, 0.3) is 0 Å². The molecule has 1 amide bonds. The highest BCUT2D eigenvalue weighted by Crippen LogP contribution is 2.26. The number of amides is 1. The van der Waals surface area contributed by atoms with Gasteiger partial charge in [0.05, 0.1) is 14.2 Å². The molecule has 0 saturated heterocycles. The molecular formula is C25H35IN4O3. The van der Waals surface area contributed by atoms with Gasteiger partial charge in [0.2, 0.25) is 5.91 Å². The number of guanidine groups is 1. The summed E-state index contributed by atoms with van der Waals surface area (Å²) in [6.45, 7) is 5.49. The molecule has 1 aliphatic heterocycles. The molecule has 0 bridgehead atoms. The van der Waals surface area contributed by atoms with Crippen LogP contribution in [0.5, 0.6) is 11.5 Å². The van der Waals surface area contributed by atoms with Gasteiger partial charge in [0.15, 0.2) is 5.96 Å². The molecule has 2 aromatic carbocycles. The van der Waals surface area contributed by atoms with Crippen molar-refractivity contribution < 1.29 is 14.3 Å². The molecule has 3 rings (SSSR count). The Morgan fingerprint density at radius 1 is 1.12 bits per heavy atom. The topological polar surface area (TPSA) is 66.4 Å². The van der Waals surface area contributed by atoms with Crippen LogP contribution in [-0.2, 0) is 24.4 Å². The largest absolute Gasteiger partial charge is 0.497 e. The molecule has 0 spiro atoms. The molecule has 0 radical (unpaired) electrons. The van der Waals surface area contributed by atoms with Crippen LogP contribution >= 0.6 is 24.0 Å². The van der Waals surface area contributed by atoms with Gasteiger partial charge in [-0.2, -0.15) is 0 Å². The van der Waals surface area contributed by atoms with E-state index in [1.54, 1.807) is 14.2 Å². The van der Waals surface area contributed by atoms with E-state index in [2.05, 4.69) is 22.3 Å². The molecule has 180 valence electrons. The van der Waals surface area contributed by atoms with E-state index in [0.29, 0.717) is 32.6 Å². The van der Waals surface area contributed by atoms with Crippen LogP contribution in [-0.4, -0.2) is 56.0 Å². The SMILES string of the molecule is CCNC(=NCCCC(=O)N1Cc2ccccc2C1)N(C)Cc1ccc(OC)cc1OC.I. The zero-order valence-corrected chi connectivity index (χ0v) is 22.3. The summed E-state index contributed by atoms with van der Waals surface area (Å²) < 4.78 is 10.8. The van der Waals surface area contributed by atoms with E-state index in [-0.39, 0.29) is 29.9 Å². The predicted molar refractivity (Wildman–Crippen MR) is 142 cm³/mol. The summed E-state index contributed by atoms with van der Waals surface area (Å²) in [5.74, 6) is 2.55. The lowest BCUT2D eigenvalue weighted by Gasteiger charge is -2.23. The van der Waals surface area contributed by atoms with Gasteiger partial charge in [0.1, 0.15) is 11.5 Å². The highest BCUT2D eigenvalue weighted by atomic mass is 127. The van der Waals surface area contributed by atoms with Crippen molar-refractivity contribution >= 4 is 35.8 Å².